The summed E-state index contributed by atoms with van der Waals surface area (Å²) < 4.78 is 11.8. The minimum atomic E-state index is 0.0488. The van der Waals surface area contributed by atoms with E-state index in [2.05, 4.69) is 22.0 Å². The van der Waals surface area contributed by atoms with E-state index in [1.54, 1.807) is 6.07 Å². The Bertz CT molecular complexity index is 643. The number of rotatable bonds is 3. The molecule has 0 amide bonds. The second kappa shape index (κ2) is 4.85. The van der Waals surface area contributed by atoms with Gasteiger partial charge in [0.1, 0.15) is 17.8 Å². The molecule has 0 bridgehead atoms. The zero-order chi connectivity index (χ0) is 13.4. The van der Waals surface area contributed by atoms with E-state index < -0.39 is 0 Å². The molecule has 0 radical (unpaired) electrons. The summed E-state index contributed by atoms with van der Waals surface area (Å²) in [4.78, 5) is 12.2. The fourth-order valence-corrected chi connectivity index (χ4v) is 2.89. The Labute approximate surface area is 119 Å². The van der Waals surface area contributed by atoms with Gasteiger partial charge in [-0.2, -0.15) is 0 Å². The molecular weight excluding hydrogens is 308 g/mol. The van der Waals surface area contributed by atoms with Crippen molar-refractivity contribution in [2.75, 3.05) is 6.61 Å². The fraction of sp³-hybridized carbons (Fsp3) is 0.267. The van der Waals surface area contributed by atoms with Crippen LogP contribution in [-0.4, -0.2) is 12.4 Å². The van der Waals surface area contributed by atoms with Gasteiger partial charge in [0.15, 0.2) is 5.78 Å². The highest BCUT2D eigenvalue weighted by Gasteiger charge is 2.20. The molecule has 0 fully saturated rings. The molecule has 2 aromatic rings. The predicted octanol–water partition coefficient (Wildman–Crippen LogP) is 3.71. The van der Waals surface area contributed by atoms with Crippen LogP contribution in [0.1, 0.15) is 27.2 Å². The number of Topliss-reactive ketones (excluding diaryl/α,β-unsaturated/α-hetero) is 1. The summed E-state index contributed by atoms with van der Waals surface area (Å²) in [5, 5.41) is 0. The van der Waals surface area contributed by atoms with Crippen molar-refractivity contribution in [2.24, 2.45) is 0 Å². The maximum atomic E-state index is 12.2. The maximum Gasteiger partial charge on any atom is 0.170 e. The van der Waals surface area contributed by atoms with E-state index in [0.717, 1.165) is 28.0 Å². The Balaban J connectivity index is 1.90. The van der Waals surface area contributed by atoms with Gasteiger partial charge in [0.05, 0.1) is 12.2 Å². The summed E-state index contributed by atoms with van der Waals surface area (Å²) in [6.07, 6.45) is 2.75. The zero-order valence-corrected chi connectivity index (χ0v) is 12.1. The topological polar surface area (TPSA) is 39.4 Å². The maximum absolute atomic E-state index is 12.2. The third-order valence-electron chi connectivity index (χ3n) is 3.23. The molecule has 0 saturated carbocycles. The largest absolute Gasteiger partial charge is 0.493 e. The van der Waals surface area contributed by atoms with Gasteiger partial charge in [-0.05, 0) is 30.7 Å². The van der Waals surface area contributed by atoms with Crippen molar-refractivity contribution in [3.63, 3.8) is 0 Å². The van der Waals surface area contributed by atoms with Crippen LogP contribution in [0.5, 0.6) is 5.75 Å². The smallest absolute Gasteiger partial charge is 0.170 e. The van der Waals surface area contributed by atoms with Gasteiger partial charge in [-0.15, -0.1) is 0 Å². The van der Waals surface area contributed by atoms with Gasteiger partial charge >= 0.3 is 0 Å². The van der Waals surface area contributed by atoms with Gasteiger partial charge < -0.3 is 9.15 Å². The molecular formula is C15H13BrO3. The van der Waals surface area contributed by atoms with E-state index in [0.29, 0.717) is 18.6 Å². The van der Waals surface area contributed by atoms with Gasteiger partial charge in [-0.3, -0.25) is 4.79 Å². The lowest BCUT2D eigenvalue weighted by molar-refractivity contribution is 0.0991. The molecule has 0 aliphatic carbocycles. The molecule has 3 rings (SSSR count). The van der Waals surface area contributed by atoms with Crippen LogP contribution in [-0.2, 0) is 12.8 Å². The number of aryl methyl sites for hydroxylation is 1. The van der Waals surface area contributed by atoms with Gasteiger partial charge in [-0.1, -0.05) is 15.9 Å². The molecule has 1 aliphatic rings. The molecule has 2 heterocycles. The van der Waals surface area contributed by atoms with Crippen LogP contribution in [0.4, 0.5) is 0 Å². The first kappa shape index (κ1) is 12.5. The minimum absolute atomic E-state index is 0.0488. The number of furan rings is 1. The summed E-state index contributed by atoms with van der Waals surface area (Å²) in [7, 11) is 0. The summed E-state index contributed by atoms with van der Waals surface area (Å²) in [6, 6.07) is 5.77. The van der Waals surface area contributed by atoms with Crippen molar-refractivity contribution < 1.29 is 13.9 Å². The van der Waals surface area contributed by atoms with Crippen LogP contribution in [0.25, 0.3) is 0 Å². The number of carbonyl (C=O) groups excluding carboxylic acids is 1. The number of fused-ring (bicyclic) bond motifs is 1. The van der Waals surface area contributed by atoms with Crippen LogP contribution in [0.15, 0.2) is 33.4 Å². The Morgan fingerprint density at radius 2 is 2.21 bits per heavy atom. The van der Waals surface area contributed by atoms with Crippen molar-refractivity contribution >= 4 is 21.7 Å². The third-order valence-corrected chi connectivity index (χ3v) is 3.69. The first-order valence-corrected chi connectivity index (χ1v) is 6.95. The number of halogens is 1. The molecule has 0 atom stereocenters. The van der Waals surface area contributed by atoms with Crippen LogP contribution >= 0.6 is 15.9 Å². The monoisotopic (exact) mass is 320 g/mol. The highest BCUT2D eigenvalue weighted by Crippen LogP contribution is 2.33. The SMILES string of the molecule is Cc1cc(C(=O)Cc2cc(Br)cc3c2OCC3)co1. The average molecular weight is 321 g/mol. The lowest BCUT2D eigenvalue weighted by Crippen LogP contribution is -2.04. The number of hydrogen-bond acceptors (Lipinski definition) is 3. The highest BCUT2D eigenvalue weighted by atomic mass is 79.9. The number of ketones is 1. The van der Waals surface area contributed by atoms with Gasteiger partial charge in [0, 0.05) is 22.9 Å². The molecule has 1 aliphatic heterocycles. The molecule has 98 valence electrons. The summed E-state index contributed by atoms with van der Waals surface area (Å²) in [5.74, 6) is 1.67. The van der Waals surface area contributed by atoms with Crippen molar-refractivity contribution in [3.05, 3.63) is 51.4 Å². The first-order valence-electron chi connectivity index (χ1n) is 6.16. The van der Waals surface area contributed by atoms with Gasteiger partial charge in [-0.25, -0.2) is 0 Å². The van der Waals surface area contributed by atoms with Crippen LogP contribution in [0.2, 0.25) is 0 Å². The van der Waals surface area contributed by atoms with Gasteiger partial charge in [0.2, 0.25) is 0 Å². The van der Waals surface area contributed by atoms with Crippen molar-refractivity contribution in [1.29, 1.82) is 0 Å². The van der Waals surface area contributed by atoms with Gasteiger partial charge in [0.25, 0.3) is 0 Å². The molecule has 1 aromatic carbocycles. The highest BCUT2D eigenvalue weighted by molar-refractivity contribution is 9.10. The number of hydrogen-bond donors (Lipinski definition) is 0. The second-order valence-corrected chi connectivity index (χ2v) is 5.61. The van der Waals surface area contributed by atoms with E-state index in [1.807, 2.05) is 13.0 Å². The second-order valence-electron chi connectivity index (χ2n) is 4.70. The molecule has 1 aromatic heterocycles. The molecule has 3 nitrogen and oxygen atoms in total. The number of carbonyl (C=O) groups is 1. The fourth-order valence-electron chi connectivity index (χ4n) is 2.34. The quantitative estimate of drug-likeness (QED) is 0.809. The van der Waals surface area contributed by atoms with Crippen molar-refractivity contribution in [3.8, 4) is 5.75 Å². The Morgan fingerprint density at radius 3 is 2.95 bits per heavy atom. The normalized spacial score (nSPS) is 13.2. The standard InChI is InChI=1S/C15H13BrO3/c1-9-4-12(8-19-9)14(17)7-11-6-13(16)5-10-2-3-18-15(10)11/h4-6,8H,2-3,7H2,1H3. The lowest BCUT2D eigenvalue weighted by Gasteiger charge is -2.07. The third kappa shape index (κ3) is 2.45. The van der Waals surface area contributed by atoms with E-state index >= 15 is 0 Å². The predicted molar refractivity (Wildman–Crippen MR) is 74.8 cm³/mol. The minimum Gasteiger partial charge on any atom is -0.493 e. The van der Waals surface area contributed by atoms with Crippen molar-refractivity contribution in [2.45, 2.75) is 19.8 Å². The number of benzene rings is 1. The molecule has 19 heavy (non-hydrogen) atoms. The van der Waals surface area contributed by atoms with E-state index in [9.17, 15) is 4.79 Å². The van der Waals surface area contributed by atoms with Crippen molar-refractivity contribution in [1.82, 2.24) is 0 Å². The summed E-state index contributed by atoms with van der Waals surface area (Å²) in [6.45, 7) is 2.52. The molecule has 0 spiro atoms. The molecule has 0 unspecified atom stereocenters. The average Bonchev–Trinajstić information content (AvgIpc) is 2.97. The molecule has 0 N–H and O–H groups in total. The Morgan fingerprint density at radius 1 is 1.37 bits per heavy atom. The van der Waals surface area contributed by atoms with E-state index in [4.69, 9.17) is 9.15 Å². The van der Waals surface area contributed by atoms with E-state index in [1.165, 1.54) is 11.8 Å². The molecule has 0 saturated heterocycles. The Hall–Kier alpha value is -1.55. The zero-order valence-electron chi connectivity index (χ0n) is 10.5. The summed E-state index contributed by atoms with van der Waals surface area (Å²) in [5.41, 5.74) is 2.72. The summed E-state index contributed by atoms with van der Waals surface area (Å²) >= 11 is 3.48. The molecule has 4 heteroatoms. The number of ether oxygens (including phenoxy) is 1. The van der Waals surface area contributed by atoms with Crippen LogP contribution in [0, 0.1) is 6.92 Å². The van der Waals surface area contributed by atoms with Crippen LogP contribution in [0.3, 0.4) is 0 Å². The first-order chi connectivity index (χ1) is 9.13. The lowest BCUT2D eigenvalue weighted by atomic mass is 10.0. The van der Waals surface area contributed by atoms with E-state index in [-0.39, 0.29) is 5.78 Å². The van der Waals surface area contributed by atoms with Crippen LogP contribution < -0.4 is 4.74 Å². The Kier molecular flexibility index (Phi) is 3.19.